The van der Waals surface area contributed by atoms with Crippen molar-refractivity contribution in [2.24, 2.45) is 5.41 Å². The first-order chi connectivity index (χ1) is 29.7. The van der Waals surface area contributed by atoms with E-state index < -0.39 is 88.1 Å². The van der Waals surface area contributed by atoms with E-state index >= 15 is 0 Å². The Morgan fingerprint density at radius 1 is 0.984 bits per heavy atom. The van der Waals surface area contributed by atoms with Gasteiger partial charge in [0.15, 0.2) is 23.0 Å². The van der Waals surface area contributed by atoms with E-state index in [2.05, 4.69) is 15.6 Å². The van der Waals surface area contributed by atoms with Crippen LogP contribution in [0.5, 0.6) is 28.7 Å². The second-order valence-corrected chi connectivity index (χ2v) is 15.9. The zero-order valence-electron chi connectivity index (χ0n) is 33.1. The van der Waals surface area contributed by atoms with Gasteiger partial charge in [-0.1, -0.05) is 31.4 Å². The van der Waals surface area contributed by atoms with Crippen molar-refractivity contribution in [2.75, 3.05) is 25.6 Å². The molecule has 8 rings (SSSR count). The number of anilines is 1. The molecule has 1 saturated carbocycles. The Morgan fingerprint density at radius 2 is 1.74 bits per heavy atom. The minimum Gasteiger partial charge on any atom is -0.508 e. The Labute approximate surface area is 352 Å². The van der Waals surface area contributed by atoms with Crippen LogP contribution < -0.4 is 36.0 Å². The van der Waals surface area contributed by atoms with Gasteiger partial charge in [-0.3, -0.25) is 10.1 Å². The minimum absolute atomic E-state index is 0.0157. The molecule has 0 radical (unpaired) electrons. The number of fused-ring (bicyclic) bond motifs is 1. The van der Waals surface area contributed by atoms with Crippen LogP contribution in [0.1, 0.15) is 55.8 Å². The summed E-state index contributed by atoms with van der Waals surface area (Å²) < 4.78 is 29.5. The molecule has 3 aromatic carbocycles. The van der Waals surface area contributed by atoms with Crippen LogP contribution in [-0.2, 0) is 9.53 Å². The predicted molar refractivity (Wildman–Crippen MR) is 218 cm³/mol. The quantitative estimate of drug-likeness (QED) is 0.0754. The van der Waals surface area contributed by atoms with E-state index in [0.29, 0.717) is 61.7 Å². The standard InChI is InChI=1S/C43H48N4O15/c44-32-12-11-25(47-32)27(50)19-58-24-9-7-21(8-10-24)28-16-26(49)33-29(59-28)17-30(36(34(33)51)61-40(56)22-5-4-6-23(48)15-22)60-41-35(52)37(53)43(57,38(62-41)39(54)55)42(13-2-1-3-14-42)31-18-45-20-46-31/h4-12,15-17,27,31,35,37-38,40-41,45-48,50-53,56-57H,1-3,13-14,18-20,44H2,(H,54,55)/t27-,31-,35+,37-,38+,40-,41+,43-/m0/s1. The van der Waals surface area contributed by atoms with Gasteiger partial charge in [0.2, 0.25) is 18.3 Å². The Bertz CT molecular complexity index is 2460. The molecule has 2 aliphatic heterocycles. The molecule has 0 bridgehead atoms. The number of hydrogen-bond donors (Lipinski definition) is 12. The van der Waals surface area contributed by atoms with Crippen molar-refractivity contribution in [1.82, 2.24) is 15.6 Å². The van der Waals surface area contributed by atoms with Crippen LogP contribution in [0.4, 0.5) is 5.82 Å². The highest BCUT2D eigenvalue weighted by Crippen LogP contribution is 2.54. The predicted octanol–water partition coefficient (Wildman–Crippen LogP) is 2.07. The summed E-state index contributed by atoms with van der Waals surface area (Å²) in [6.07, 6.45) is -8.64. The van der Waals surface area contributed by atoms with Crippen molar-refractivity contribution < 1.29 is 69.0 Å². The highest BCUT2D eigenvalue weighted by molar-refractivity contribution is 5.89. The number of aromatic nitrogens is 1. The van der Waals surface area contributed by atoms with Crippen molar-refractivity contribution in [3.8, 4) is 40.1 Å². The molecule has 330 valence electrons. The van der Waals surface area contributed by atoms with E-state index in [4.69, 9.17) is 29.1 Å². The summed E-state index contributed by atoms with van der Waals surface area (Å²) in [6.45, 7) is 0.633. The smallest absolute Gasteiger partial charge is 0.336 e. The van der Waals surface area contributed by atoms with Gasteiger partial charge in [0.1, 0.15) is 64.6 Å². The Hall–Kier alpha value is -5.90. The van der Waals surface area contributed by atoms with Crippen molar-refractivity contribution in [2.45, 2.75) is 80.7 Å². The number of carbonyl (C=O) groups is 1. The third-order valence-electron chi connectivity index (χ3n) is 12.2. The average molecular weight is 861 g/mol. The number of aromatic hydroxyl groups is 2. The van der Waals surface area contributed by atoms with E-state index in [0.717, 1.165) is 18.6 Å². The van der Waals surface area contributed by atoms with Gasteiger partial charge >= 0.3 is 5.97 Å². The van der Waals surface area contributed by atoms with Crippen LogP contribution in [-0.4, -0.2) is 108 Å². The number of aromatic amines is 1. The van der Waals surface area contributed by atoms with Gasteiger partial charge < -0.3 is 80.3 Å². The summed E-state index contributed by atoms with van der Waals surface area (Å²) in [6, 6.07) is 16.6. The van der Waals surface area contributed by atoms with Crippen molar-refractivity contribution in [3.63, 3.8) is 0 Å². The molecule has 13 N–H and O–H groups in total. The van der Waals surface area contributed by atoms with Crippen LogP contribution in [0.25, 0.3) is 22.3 Å². The summed E-state index contributed by atoms with van der Waals surface area (Å²) in [5, 5.41) is 96.0. The van der Waals surface area contributed by atoms with Crippen LogP contribution in [0.15, 0.2) is 82.0 Å². The third kappa shape index (κ3) is 7.77. The van der Waals surface area contributed by atoms with Crippen LogP contribution in [0.2, 0.25) is 0 Å². The number of hydrogen-bond acceptors (Lipinski definition) is 17. The summed E-state index contributed by atoms with van der Waals surface area (Å²) in [5.41, 5.74) is 1.73. The number of phenolic OH excluding ortho intramolecular Hbond substituents is 2. The van der Waals surface area contributed by atoms with E-state index in [1.54, 1.807) is 36.4 Å². The number of aliphatic carboxylic acids is 1. The number of nitrogens with two attached hydrogens (primary N) is 1. The fourth-order valence-electron chi connectivity index (χ4n) is 9.06. The lowest BCUT2D eigenvalue weighted by Crippen LogP contribution is -2.77. The number of carboxylic acids is 1. The number of phenols is 2. The molecule has 1 aliphatic carbocycles. The van der Waals surface area contributed by atoms with Crippen molar-refractivity contribution >= 4 is 22.8 Å². The maximum atomic E-state index is 13.7. The lowest BCUT2D eigenvalue weighted by Gasteiger charge is -2.59. The average Bonchev–Trinajstić information content (AvgIpc) is 3.97. The van der Waals surface area contributed by atoms with Gasteiger partial charge in [-0.15, -0.1) is 0 Å². The monoisotopic (exact) mass is 860 g/mol. The molecule has 19 nitrogen and oxygen atoms in total. The van der Waals surface area contributed by atoms with Crippen LogP contribution in [0, 0.1) is 5.41 Å². The number of rotatable bonds is 13. The lowest BCUT2D eigenvalue weighted by molar-refractivity contribution is -0.338. The highest BCUT2D eigenvalue weighted by atomic mass is 16.7. The zero-order chi connectivity index (χ0) is 43.9. The molecule has 3 fully saturated rings. The molecule has 3 aliphatic rings. The number of nitrogen functional groups attached to an aromatic ring is 1. The molecule has 0 amide bonds. The molecular formula is C43H48N4O15. The second-order valence-electron chi connectivity index (χ2n) is 15.9. The summed E-state index contributed by atoms with van der Waals surface area (Å²) in [4.78, 5) is 29.6. The topological polar surface area (TPSA) is 312 Å². The number of nitrogens with one attached hydrogen (secondary N) is 3. The van der Waals surface area contributed by atoms with E-state index in [-0.39, 0.29) is 29.3 Å². The van der Waals surface area contributed by atoms with Gasteiger partial charge in [0.25, 0.3) is 0 Å². The van der Waals surface area contributed by atoms with E-state index in [1.165, 1.54) is 24.3 Å². The zero-order valence-corrected chi connectivity index (χ0v) is 33.1. The first-order valence-electron chi connectivity index (χ1n) is 20.1. The van der Waals surface area contributed by atoms with Crippen molar-refractivity contribution in [3.05, 3.63) is 94.3 Å². The van der Waals surface area contributed by atoms with E-state index in [1.807, 2.05) is 0 Å². The first kappa shape index (κ1) is 42.8. The molecular weight excluding hydrogens is 812 g/mol. The molecule has 0 unspecified atom stereocenters. The molecule has 8 atom stereocenters. The fourth-order valence-corrected chi connectivity index (χ4v) is 9.06. The number of ether oxygens (including phenoxy) is 4. The normalized spacial score (nSPS) is 25.9. The first-order valence-corrected chi connectivity index (χ1v) is 20.1. The molecule has 2 saturated heterocycles. The SMILES string of the molecule is Nc1ccc([C@@H](O)COc2ccc(-c3cc(=O)c4c(O)c(O[C@H](O)c5cccc(O)c5)c(O[C@@H]5O[C@H](C(=O)O)[C@](O)(C6([C@@H]7CNCN7)CCCCC6)[C@@H](O)[C@H]5O)cc4o3)cc2)[nH]1. The molecule has 19 heteroatoms. The lowest BCUT2D eigenvalue weighted by atomic mass is 9.54. The fraction of sp³-hybridized carbons (Fsp3) is 0.395. The van der Waals surface area contributed by atoms with Gasteiger partial charge in [-0.05, 0) is 61.4 Å². The largest absolute Gasteiger partial charge is 0.508 e. The van der Waals surface area contributed by atoms with Gasteiger partial charge in [0, 0.05) is 53.6 Å². The molecule has 2 aromatic heterocycles. The van der Waals surface area contributed by atoms with Gasteiger partial charge in [-0.2, -0.15) is 0 Å². The van der Waals surface area contributed by atoms with Crippen LogP contribution >= 0.6 is 0 Å². The Kier molecular flexibility index (Phi) is 11.8. The maximum absolute atomic E-state index is 13.7. The van der Waals surface area contributed by atoms with Gasteiger partial charge in [0.05, 0.1) is 0 Å². The van der Waals surface area contributed by atoms with Crippen molar-refractivity contribution in [1.29, 1.82) is 0 Å². The summed E-state index contributed by atoms with van der Waals surface area (Å²) in [7, 11) is 0. The summed E-state index contributed by atoms with van der Waals surface area (Å²) in [5.74, 6) is -3.20. The Balaban J connectivity index is 1.14. The highest BCUT2D eigenvalue weighted by Gasteiger charge is 2.69. The number of carboxylic acid groups (broad SMARTS) is 1. The Morgan fingerprint density at radius 3 is 2.40 bits per heavy atom. The number of aliphatic hydroxyl groups is 5. The van der Waals surface area contributed by atoms with E-state index in [9.17, 15) is 50.4 Å². The minimum atomic E-state index is -2.53. The van der Waals surface area contributed by atoms with Gasteiger partial charge in [-0.25, -0.2) is 4.79 Å². The second kappa shape index (κ2) is 17.1. The third-order valence-corrected chi connectivity index (χ3v) is 12.2. The number of H-pyrrole nitrogens is 1. The molecule has 5 aromatic rings. The summed E-state index contributed by atoms with van der Waals surface area (Å²) >= 11 is 0. The number of aliphatic hydroxyl groups excluding tert-OH is 4. The molecule has 62 heavy (non-hydrogen) atoms. The number of benzene rings is 3. The molecule has 4 heterocycles. The van der Waals surface area contributed by atoms with Crippen LogP contribution in [0.3, 0.4) is 0 Å². The molecule has 0 spiro atoms. The maximum Gasteiger partial charge on any atom is 0.336 e.